The maximum Gasteiger partial charge on any atom is 0.0390 e. The minimum atomic E-state index is -2.69. The molecule has 0 aliphatic carbocycles. The van der Waals surface area contributed by atoms with E-state index in [2.05, 4.69) is 0 Å². The predicted molar refractivity (Wildman–Crippen MR) is 53.2 cm³/mol. The lowest BCUT2D eigenvalue weighted by molar-refractivity contribution is 0.590. The van der Waals surface area contributed by atoms with Crippen molar-refractivity contribution < 1.29 is 8.22 Å². The molecular formula is C10H19Cl. The molecule has 0 saturated heterocycles. The van der Waals surface area contributed by atoms with Gasteiger partial charge in [-0.15, -0.1) is 11.6 Å². The van der Waals surface area contributed by atoms with Gasteiger partial charge in [0, 0.05) is 13.1 Å². The van der Waals surface area contributed by atoms with Crippen LogP contribution in [0.4, 0.5) is 0 Å². The molecule has 0 N–H and O–H groups in total. The van der Waals surface area contributed by atoms with Gasteiger partial charge in [0.1, 0.15) is 0 Å². The molecule has 0 spiro atoms. The SMILES string of the molecule is [2H]C([2H])([2H])C(Cl)(CCC/C(C)=C/C)C([2H])([2H])[2H]. The summed E-state index contributed by atoms with van der Waals surface area (Å²) in [4.78, 5) is -2.14. The monoisotopic (exact) mass is 180 g/mol. The quantitative estimate of drug-likeness (QED) is 0.451. The summed E-state index contributed by atoms with van der Waals surface area (Å²) >= 11 is 5.87. The number of alkyl halides is 1. The third kappa shape index (κ3) is 7.93. The molecule has 0 unspecified atom stereocenters. The zero-order valence-corrected chi connectivity index (χ0v) is 7.83. The Morgan fingerprint density at radius 2 is 2.27 bits per heavy atom. The molecule has 0 atom stereocenters. The lowest BCUT2D eigenvalue weighted by Crippen LogP contribution is -2.08. The van der Waals surface area contributed by atoms with Gasteiger partial charge in [-0.2, -0.15) is 0 Å². The van der Waals surface area contributed by atoms with Crippen molar-refractivity contribution in [2.24, 2.45) is 0 Å². The first kappa shape index (κ1) is 4.32. The smallest absolute Gasteiger partial charge is 0.0390 e. The maximum absolute atomic E-state index is 7.30. The number of hydrogen-bond donors (Lipinski definition) is 0. The Morgan fingerprint density at radius 3 is 2.73 bits per heavy atom. The molecule has 0 amide bonds. The van der Waals surface area contributed by atoms with E-state index in [0.29, 0.717) is 12.8 Å². The van der Waals surface area contributed by atoms with Gasteiger partial charge in [-0.3, -0.25) is 0 Å². The zero-order chi connectivity index (χ0) is 13.9. The largest absolute Gasteiger partial charge is 0.120 e. The van der Waals surface area contributed by atoms with Crippen LogP contribution in [0.2, 0.25) is 0 Å². The Kier molecular flexibility index (Phi) is 1.89. The highest BCUT2D eigenvalue weighted by Gasteiger charge is 2.11. The first-order chi connectivity index (χ1) is 7.45. The summed E-state index contributed by atoms with van der Waals surface area (Å²) in [5, 5.41) is 0. The maximum atomic E-state index is 7.30. The lowest BCUT2D eigenvalue weighted by atomic mass is 10.0. The van der Waals surface area contributed by atoms with Crippen LogP contribution in [0, 0.1) is 0 Å². The first-order valence-electron chi connectivity index (χ1n) is 6.76. The van der Waals surface area contributed by atoms with Crippen LogP contribution in [0.25, 0.3) is 0 Å². The highest BCUT2D eigenvalue weighted by molar-refractivity contribution is 6.23. The van der Waals surface area contributed by atoms with E-state index in [9.17, 15) is 0 Å². The van der Waals surface area contributed by atoms with E-state index in [4.69, 9.17) is 19.8 Å². The van der Waals surface area contributed by atoms with Crippen LogP contribution < -0.4 is 0 Å². The fourth-order valence-electron chi connectivity index (χ4n) is 0.755. The Hall–Kier alpha value is 0.0300. The molecule has 0 rings (SSSR count). The third-order valence-electron chi connectivity index (χ3n) is 1.59. The van der Waals surface area contributed by atoms with Crippen molar-refractivity contribution in [1.82, 2.24) is 0 Å². The number of allylic oxidation sites excluding steroid dienone is 2. The van der Waals surface area contributed by atoms with Gasteiger partial charge in [0.2, 0.25) is 0 Å². The van der Waals surface area contributed by atoms with Gasteiger partial charge in [0.15, 0.2) is 0 Å². The normalized spacial score (nSPS) is 24.1. The van der Waals surface area contributed by atoms with E-state index in [1.165, 1.54) is 0 Å². The summed E-state index contributed by atoms with van der Waals surface area (Å²) in [6.07, 6.45) is 2.99. The molecule has 66 valence electrons. The molecule has 1 heteroatoms. The molecule has 0 radical (unpaired) electrons. The molecule has 0 saturated carbocycles. The molecule has 0 bridgehead atoms. The van der Waals surface area contributed by atoms with E-state index in [1.54, 1.807) is 0 Å². The van der Waals surface area contributed by atoms with Crippen LogP contribution in [0.15, 0.2) is 11.6 Å². The van der Waals surface area contributed by atoms with E-state index in [1.807, 2.05) is 19.9 Å². The lowest BCUT2D eigenvalue weighted by Gasteiger charge is -2.14. The van der Waals surface area contributed by atoms with E-state index >= 15 is 0 Å². The molecule has 0 aromatic heterocycles. The standard InChI is InChI=1S/C10H19Cl/c1-5-9(2)7-6-8-10(3,4)11/h5H,6-8H2,1-4H3/b9-5+/i3D3,4D3. The summed E-state index contributed by atoms with van der Waals surface area (Å²) in [5.74, 6) is 0. The Morgan fingerprint density at radius 1 is 1.64 bits per heavy atom. The van der Waals surface area contributed by atoms with Crippen molar-refractivity contribution in [1.29, 1.82) is 0 Å². The van der Waals surface area contributed by atoms with E-state index in [-0.39, 0.29) is 6.42 Å². The van der Waals surface area contributed by atoms with Crippen molar-refractivity contribution >= 4 is 11.6 Å². The third-order valence-corrected chi connectivity index (χ3v) is 1.77. The second-order valence-electron chi connectivity index (χ2n) is 2.79. The number of hydrogen-bond acceptors (Lipinski definition) is 0. The van der Waals surface area contributed by atoms with Gasteiger partial charge in [-0.1, -0.05) is 11.6 Å². The minimum absolute atomic E-state index is 0.0489. The average Bonchev–Trinajstić information content (AvgIpc) is 2.13. The van der Waals surface area contributed by atoms with Crippen LogP contribution in [0.3, 0.4) is 0 Å². The van der Waals surface area contributed by atoms with Gasteiger partial charge in [-0.25, -0.2) is 0 Å². The van der Waals surface area contributed by atoms with Gasteiger partial charge in [-0.05, 0) is 46.8 Å². The molecule has 0 aliphatic rings. The second kappa shape index (κ2) is 4.82. The van der Waals surface area contributed by atoms with Gasteiger partial charge in [0.05, 0.1) is 0 Å². The van der Waals surface area contributed by atoms with Gasteiger partial charge >= 0.3 is 0 Å². The van der Waals surface area contributed by atoms with Crippen molar-refractivity contribution in [3.8, 4) is 0 Å². The number of halogens is 1. The average molecular weight is 181 g/mol. The molecule has 11 heavy (non-hydrogen) atoms. The summed E-state index contributed by atoms with van der Waals surface area (Å²) in [6, 6.07) is 0. The first-order valence-corrected chi connectivity index (χ1v) is 4.14. The van der Waals surface area contributed by atoms with E-state index in [0.717, 1.165) is 5.57 Å². The van der Waals surface area contributed by atoms with E-state index < -0.39 is 18.6 Å². The topological polar surface area (TPSA) is 0 Å². The van der Waals surface area contributed by atoms with Crippen LogP contribution in [-0.4, -0.2) is 4.87 Å². The fraction of sp³-hybridized carbons (Fsp3) is 0.800. The Balaban J connectivity index is 4.77. The minimum Gasteiger partial charge on any atom is -0.120 e. The molecule has 0 aromatic carbocycles. The fourth-order valence-corrected chi connectivity index (χ4v) is 0.889. The summed E-state index contributed by atoms with van der Waals surface area (Å²) in [7, 11) is 0. The van der Waals surface area contributed by atoms with Crippen LogP contribution in [0.5, 0.6) is 0 Å². The number of rotatable bonds is 4. The van der Waals surface area contributed by atoms with Crippen molar-refractivity contribution in [2.75, 3.05) is 0 Å². The second-order valence-corrected chi connectivity index (χ2v) is 3.43. The van der Waals surface area contributed by atoms with Gasteiger partial charge in [0.25, 0.3) is 0 Å². The predicted octanol–water partition coefficient (Wildman–Crippen LogP) is 4.14. The van der Waals surface area contributed by atoms with Crippen LogP contribution in [0.1, 0.15) is 55.0 Å². The van der Waals surface area contributed by atoms with Gasteiger partial charge < -0.3 is 0 Å². The molecule has 0 nitrogen and oxygen atoms in total. The summed E-state index contributed by atoms with van der Waals surface area (Å²) in [5.41, 5.74) is 1.10. The highest BCUT2D eigenvalue weighted by atomic mass is 35.5. The molecule has 0 heterocycles. The Bertz CT molecular complexity index is 262. The van der Waals surface area contributed by atoms with Crippen molar-refractivity contribution in [3.05, 3.63) is 11.6 Å². The summed E-state index contributed by atoms with van der Waals surface area (Å²) in [6.45, 7) is -1.58. The Labute approximate surface area is 84.1 Å². The highest BCUT2D eigenvalue weighted by Crippen LogP contribution is 2.21. The zero-order valence-electron chi connectivity index (χ0n) is 13.1. The molecule has 0 aromatic rings. The van der Waals surface area contributed by atoms with Crippen LogP contribution in [-0.2, 0) is 0 Å². The summed E-state index contributed by atoms with van der Waals surface area (Å²) < 4.78 is 43.8. The van der Waals surface area contributed by atoms with Crippen molar-refractivity contribution in [3.63, 3.8) is 0 Å². The van der Waals surface area contributed by atoms with Crippen molar-refractivity contribution in [2.45, 2.75) is 51.7 Å². The molecular weight excluding hydrogens is 156 g/mol. The van der Waals surface area contributed by atoms with Crippen LogP contribution >= 0.6 is 11.6 Å². The molecule has 0 fully saturated rings. The molecule has 0 aliphatic heterocycles.